The van der Waals surface area contributed by atoms with Crippen molar-refractivity contribution in [2.75, 3.05) is 25.2 Å². The summed E-state index contributed by atoms with van der Waals surface area (Å²) >= 11 is 0. The lowest BCUT2D eigenvalue weighted by Crippen LogP contribution is -2.25. The third-order valence-corrected chi connectivity index (χ3v) is 5.68. The number of primary amides is 1. The van der Waals surface area contributed by atoms with Gasteiger partial charge in [-0.1, -0.05) is 6.07 Å². The lowest BCUT2D eigenvalue weighted by atomic mass is 9.95. The number of hydrogen-bond donors (Lipinski definition) is 1. The van der Waals surface area contributed by atoms with E-state index in [2.05, 4.69) is 15.0 Å². The number of rotatable bonds is 8. The largest absolute Gasteiger partial charge is 0.385 e. The van der Waals surface area contributed by atoms with E-state index in [9.17, 15) is 9.18 Å². The zero-order valence-electron chi connectivity index (χ0n) is 17.1. The van der Waals surface area contributed by atoms with Gasteiger partial charge in [-0.25, -0.2) is 13.9 Å². The van der Waals surface area contributed by atoms with E-state index in [0.717, 1.165) is 62.2 Å². The first-order valence-corrected chi connectivity index (χ1v) is 10.3. The number of unbranched alkanes of at least 4 members (excludes halogenated alkanes) is 1. The monoisotopic (exact) mass is 411 g/mol. The molecule has 1 fully saturated rings. The van der Waals surface area contributed by atoms with E-state index in [1.165, 1.54) is 16.8 Å². The van der Waals surface area contributed by atoms with Gasteiger partial charge in [0.25, 0.3) is 5.91 Å². The molecule has 0 saturated carbocycles. The predicted molar refractivity (Wildman–Crippen MR) is 112 cm³/mol. The lowest BCUT2D eigenvalue weighted by Gasteiger charge is -2.28. The molecule has 0 spiro atoms. The molecule has 2 aromatic heterocycles. The quantitative estimate of drug-likeness (QED) is 0.575. The molecule has 3 aromatic rings. The maximum Gasteiger partial charge on any atom is 0.254 e. The Bertz CT molecular complexity index is 1050. The molecule has 0 unspecified atom stereocenters. The smallest absolute Gasteiger partial charge is 0.254 e. The van der Waals surface area contributed by atoms with E-state index in [0.29, 0.717) is 5.65 Å². The van der Waals surface area contributed by atoms with Gasteiger partial charge in [-0.15, -0.1) is 0 Å². The fraction of sp³-hybridized carbons (Fsp3) is 0.409. The third kappa shape index (κ3) is 4.00. The first-order valence-electron chi connectivity index (χ1n) is 10.3. The summed E-state index contributed by atoms with van der Waals surface area (Å²) in [7, 11) is 1.70. The van der Waals surface area contributed by atoms with Crippen molar-refractivity contribution in [1.29, 1.82) is 0 Å². The Labute approximate surface area is 174 Å². The Morgan fingerprint density at radius 3 is 3.00 bits per heavy atom. The summed E-state index contributed by atoms with van der Waals surface area (Å²) in [5.41, 5.74) is 8.35. The highest BCUT2D eigenvalue weighted by molar-refractivity contribution is 5.98. The van der Waals surface area contributed by atoms with Crippen LogP contribution in [0.5, 0.6) is 0 Å². The van der Waals surface area contributed by atoms with Crippen LogP contribution in [-0.4, -0.2) is 40.8 Å². The molecule has 1 aromatic carbocycles. The second-order valence-corrected chi connectivity index (χ2v) is 7.62. The van der Waals surface area contributed by atoms with Gasteiger partial charge in [0.15, 0.2) is 5.65 Å². The molecule has 30 heavy (non-hydrogen) atoms. The van der Waals surface area contributed by atoms with Crippen molar-refractivity contribution >= 4 is 17.4 Å². The maximum atomic E-state index is 14.2. The number of methoxy groups -OCH3 is 1. The molecule has 158 valence electrons. The maximum absolute atomic E-state index is 14.2. The summed E-state index contributed by atoms with van der Waals surface area (Å²) in [6.45, 7) is 1.54. The van der Waals surface area contributed by atoms with Crippen LogP contribution in [0.2, 0.25) is 0 Å². The first kappa shape index (κ1) is 20.3. The number of aryl methyl sites for hydroxylation is 1. The van der Waals surface area contributed by atoms with Crippen molar-refractivity contribution in [2.24, 2.45) is 5.73 Å². The number of aromatic nitrogens is 3. The van der Waals surface area contributed by atoms with Crippen molar-refractivity contribution in [1.82, 2.24) is 14.6 Å². The zero-order chi connectivity index (χ0) is 21.1. The molecule has 1 aliphatic rings. The predicted octanol–water partition coefficient (Wildman–Crippen LogP) is 3.28. The summed E-state index contributed by atoms with van der Waals surface area (Å²) < 4.78 is 20.8. The minimum atomic E-state index is -0.559. The standard InChI is InChI=1S/C22H26FN5O2/c1-30-12-3-2-5-15-7-8-16(23)13-17(15)19-6-4-10-27(19)20-9-11-28-22(26-20)18(14-25-28)21(24)29/h7-9,11,13-14,19H,2-6,10,12H2,1H3,(H2,24,29)/t19-/m1/s1. The summed E-state index contributed by atoms with van der Waals surface area (Å²) in [4.78, 5) is 18.5. The van der Waals surface area contributed by atoms with Crippen LogP contribution in [0.15, 0.2) is 36.7 Å². The molecule has 7 nitrogen and oxygen atoms in total. The number of amides is 1. The van der Waals surface area contributed by atoms with Crippen molar-refractivity contribution < 1.29 is 13.9 Å². The molecule has 4 rings (SSSR count). The number of fused-ring (bicyclic) bond motifs is 1. The van der Waals surface area contributed by atoms with Crippen LogP contribution in [-0.2, 0) is 11.2 Å². The van der Waals surface area contributed by atoms with E-state index in [1.54, 1.807) is 19.4 Å². The number of nitrogens with two attached hydrogens (primary N) is 1. The number of nitrogens with zero attached hydrogens (tertiary/aromatic N) is 4. The molecule has 1 aliphatic heterocycles. The Morgan fingerprint density at radius 2 is 2.20 bits per heavy atom. The van der Waals surface area contributed by atoms with E-state index in [4.69, 9.17) is 10.5 Å². The number of ether oxygens (including phenoxy) is 1. The fourth-order valence-corrected chi connectivity index (χ4v) is 4.22. The van der Waals surface area contributed by atoms with E-state index < -0.39 is 5.91 Å². The molecule has 1 saturated heterocycles. The molecular formula is C22H26FN5O2. The number of halogens is 1. The van der Waals surface area contributed by atoms with Crippen LogP contribution in [0.25, 0.3) is 5.65 Å². The number of carbonyl (C=O) groups is 1. The normalized spacial score (nSPS) is 16.5. The lowest BCUT2D eigenvalue weighted by molar-refractivity contribution is 0.100. The molecule has 3 heterocycles. The van der Waals surface area contributed by atoms with Crippen molar-refractivity contribution in [2.45, 2.75) is 38.1 Å². The summed E-state index contributed by atoms with van der Waals surface area (Å²) in [6.07, 6.45) is 7.95. The van der Waals surface area contributed by atoms with E-state index in [1.807, 2.05) is 12.1 Å². The highest BCUT2D eigenvalue weighted by Crippen LogP contribution is 2.37. The van der Waals surface area contributed by atoms with Crippen LogP contribution >= 0.6 is 0 Å². The van der Waals surface area contributed by atoms with E-state index >= 15 is 0 Å². The van der Waals surface area contributed by atoms with Gasteiger partial charge in [0.05, 0.1) is 12.2 Å². The van der Waals surface area contributed by atoms with Gasteiger partial charge < -0.3 is 15.4 Å². The molecule has 2 N–H and O–H groups in total. The fourth-order valence-electron chi connectivity index (χ4n) is 4.22. The average Bonchev–Trinajstić information content (AvgIpc) is 3.38. The summed E-state index contributed by atoms with van der Waals surface area (Å²) in [6, 6.07) is 6.99. The van der Waals surface area contributed by atoms with Crippen LogP contribution in [0.1, 0.15) is 53.2 Å². The topological polar surface area (TPSA) is 85.8 Å². The molecule has 0 bridgehead atoms. The van der Waals surface area contributed by atoms with Crippen LogP contribution in [0.3, 0.4) is 0 Å². The number of hydrogen-bond acceptors (Lipinski definition) is 5. The van der Waals surface area contributed by atoms with Crippen molar-refractivity contribution in [3.63, 3.8) is 0 Å². The molecule has 0 radical (unpaired) electrons. The highest BCUT2D eigenvalue weighted by Gasteiger charge is 2.29. The SMILES string of the molecule is COCCCCc1ccc(F)cc1[C@H]1CCCN1c1ccn2ncc(C(N)=O)c2n1. The second-order valence-electron chi connectivity index (χ2n) is 7.62. The van der Waals surface area contributed by atoms with Crippen molar-refractivity contribution in [3.8, 4) is 0 Å². The molecule has 1 amide bonds. The van der Waals surface area contributed by atoms with Gasteiger partial charge in [0, 0.05) is 26.5 Å². The second kappa shape index (κ2) is 8.79. The Balaban J connectivity index is 1.65. The Kier molecular flexibility index (Phi) is 5.94. The van der Waals surface area contributed by atoms with Crippen LogP contribution in [0, 0.1) is 5.82 Å². The van der Waals surface area contributed by atoms with Gasteiger partial charge in [0.2, 0.25) is 0 Å². The van der Waals surface area contributed by atoms with Gasteiger partial charge in [0.1, 0.15) is 17.2 Å². The number of benzene rings is 1. The highest BCUT2D eigenvalue weighted by atomic mass is 19.1. The molecule has 1 atom stereocenters. The van der Waals surface area contributed by atoms with E-state index in [-0.39, 0.29) is 17.4 Å². The molecular weight excluding hydrogens is 385 g/mol. The minimum Gasteiger partial charge on any atom is -0.385 e. The van der Waals surface area contributed by atoms with Gasteiger partial charge >= 0.3 is 0 Å². The number of carbonyl (C=O) groups excluding carboxylic acids is 1. The van der Waals surface area contributed by atoms with Crippen LogP contribution in [0.4, 0.5) is 10.2 Å². The summed E-state index contributed by atoms with van der Waals surface area (Å²) in [5.74, 6) is -0.0496. The van der Waals surface area contributed by atoms with Gasteiger partial charge in [-0.3, -0.25) is 4.79 Å². The van der Waals surface area contributed by atoms with Gasteiger partial charge in [-0.2, -0.15) is 5.10 Å². The number of anilines is 1. The molecule has 0 aliphatic carbocycles. The minimum absolute atomic E-state index is 0.0352. The average molecular weight is 411 g/mol. The van der Waals surface area contributed by atoms with Crippen LogP contribution < -0.4 is 10.6 Å². The third-order valence-electron chi connectivity index (χ3n) is 5.68. The Morgan fingerprint density at radius 1 is 1.33 bits per heavy atom. The molecule has 8 heteroatoms. The van der Waals surface area contributed by atoms with Gasteiger partial charge in [-0.05, 0) is 61.4 Å². The zero-order valence-corrected chi connectivity index (χ0v) is 17.1. The summed E-state index contributed by atoms with van der Waals surface area (Å²) in [5, 5.41) is 4.13. The Hall–Kier alpha value is -3.00. The first-order chi connectivity index (χ1) is 14.6. The van der Waals surface area contributed by atoms with Crippen molar-refractivity contribution in [3.05, 3.63) is 59.2 Å².